The molecule has 7 heteroatoms. The van der Waals surface area contributed by atoms with E-state index in [0.29, 0.717) is 36.9 Å². The van der Waals surface area contributed by atoms with Gasteiger partial charge in [0.05, 0.1) is 18.1 Å². The third-order valence-electron chi connectivity index (χ3n) is 2.95. The van der Waals surface area contributed by atoms with Crippen LogP contribution in [0.4, 0.5) is 11.4 Å². The molecule has 0 saturated carbocycles. The predicted octanol–water partition coefficient (Wildman–Crippen LogP) is 2.81. The number of nitrogens with one attached hydrogen (secondary N) is 1. The van der Waals surface area contributed by atoms with Crippen LogP contribution in [-0.2, 0) is 9.47 Å². The first kappa shape index (κ1) is 14.0. The molecule has 104 valence electrons. The summed E-state index contributed by atoms with van der Waals surface area (Å²) in [7, 11) is 0. The highest BCUT2D eigenvalue weighted by Crippen LogP contribution is 2.28. The molecule has 1 fully saturated rings. The predicted molar refractivity (Wildman–Crippen MR) is 71.5 cm³/mol. The van der Waals surface area contributed by atoms with Crippen LogP contribution >= 0.6 is 11.6 Å². The Hall–Kier alpha value is -1.37. The molecule has 0 radical (unpaired) electrons. The third-order valence-corrected chi connectivity index (χ3v) is 3.18. The second kappa shape index (κ2) is 5.73. The molecule has 0 amide bonds. The van der Waals surface area contributed by atoms with Crippen molar-refractivity contribution in [3.05, 3.63) is 33.3 Å². The molecule has 0 aromatic heterocycles. The molecule has 2 rings (SSSR count). The van der Waals surface area contributed by atoms with E-state index in [1.165, 1.54) is 6.07 Å². The highest BCUT2D eigenvalue weighted by Gasteiger charge is 2.30. The van der Waals surface area contributed by atoms with E-state index in [1.807, 2.05) is 6.92 Å². The molecule has 6 nitrogen and oxygen atoms in total. The Bertz CT molecular complexity index is 475. The van der Waals surface area contributed by atoms with Crippen molar-refractivity contribution < 1.29 is 14.4 Å². The van der Waals surface area contributed by atoms with Gasteiger partial charge in [-0.25, -0.2) is 0 Å². The van der Waals surface area contributed by atoms with Gasteiger partial charge in [0.15, 0.2) is 5.79 Å². The summed E-state index contributed by atoms with van der Waals surface area (Å²) in [6.07, 6.45) is 0.604. The average molecular weight is 287 g/mol. The van der Waals surface area contributed by atoms with Gasteiger partial charge in [-0.15, -0.1) is 0 Å². The van der Waals surface area contributed by atoms with Crippen LogP contribution in [0.5, 0.6) is 0 Å². The summed E-state index contributed by atoms with van der Waals surface area (Å²) in [5, 5.41) is 14.3. The van der Waals surface area contributed by atoms with Crippen molar-refractivity contribution in [2.45, 2.75) is 19.1 Å². The van der Waals surface area contributed by atoms with Crippen LogP contribution in [0, 0.1) is 10.1 Å². The van der Waals surface area contributed by atoms with Gasteiger partial charge in [0.25, 0.3) is 5.69 Å². The first-order valence-corrected chi connectivity index (χ1v) is 6.34. The van der Waals surface area contributed by atoms with Gasteiger partial charge < -0.3 is 14.8 Å². The van der Waals surface area contributed by atoms with Gasteiger partial charge in [0.1, 0.15) is 5.69 Å². The van der Waals surface area contributed by atoms with Gasteiger partial charge in [-0.2, -0.15) is 0 Å². The summed E-state index contributed by atoms with van der Waals surface area (Å²) in [6, 6.07) is 4.54. The van der Waals surface area contributed by atoms with Crippen molar-refractivity contribution in [1.82, 2.24) is 0 Å². The zero-order chi connectivity index (χ0) is 13.9. The minimum Gasteiger partial charge on any atom is -0.379 e. The monoisotopic (exact) mass is 286 g/mol. The minimum atomic E-state index is -0.603. The Balaban J connectivity index is 1.97. The average Bonchev–Trinajstić information content (AvgIpc) is 2.78. The fraction of sp³-hybridized carbons (Fsp3) is 0.500. The summed E-state index contributed by atoms with van der Waals surface area (Å²) in [5.41, 5.74) is 0.405. The Kier molecular flexibility index (Phi) is 4.24. The van der Waals surface area contributed by atoms with Gasteiger partial charge in [-0.05, 0) is 19.1 Å². The zero-order valence-electron chi connectivity index (χ0n) is 10.5. The van der Waals surface area contributed by atoms with Crippen LogP contribution in [0.25, 0.3) is 0 Å². The maximum absolute atomic E-state index is 10.9. The largest absolute Gasteiger partial charge is 0.379 e. The summed E-state index contributed by atoms with van der Waals surface area (Å²) in [6.45, 7) is 3.53. The van der Waals surface area contributed by atoms with Crippen LogP contribution in [0.1, 0.15) is 13.3 Å². The lowest BCUT2D eigenvalue weighted by Crippen LogP contribution is -2.28. The maximum atomic E-state index is 10.9. The highest BCUT2D eigenvalue weighted by molar-refractivity contribution is 6.30. The van der Waals surface area contributed by atoms with Crippen molar-refractivity contribution in [3.8, 4) is 0 Å². The normalized spacial score (nSPS) is 17.4. The molecule has 19 heavy (non-hydrogen) atoms. The smallest absolute Gasteiger partial charge is 0.293 e. The number of benzene rings is 1. The number of rotatable bonds is 5. The Morgan fingerprint density at radius 1 is 1.47 bits per heavy atom. The van der Waals surface area contributed by atoms with Gasteiger partial charge in [-0.3, -0.25) is 10.1 Å². The lowest BCUT2D eigenvalue weighted by Gasteiger charge is -2.22. The molecule has 0 aliphatic carbocycles. The van der Waals surface area contributed by atoms with Crippen LogP contribution in [0.2, 0.25) is 5.02 Å². The van der Waals surface area contributed by atoms with Crippen LogP contribution in [0.15, 0.2) is 18.2 Å². The number of anilines is 1. The minimum absolute atomic E-state index is 0.0362. The van der Waals surface area contributed by atoms with E-state index in [0.717, 1.165) is 0 Å². The molecule has 0 bridgehead atoms. The third kappa shape index (κ3) is 3.56. The van der Waals surface area contributed by atoms with Crippen molar-refractivity contribution in [1.29, 1.82) is 0 Å². The van der Waals surface area contributed by atoms with E-state index in [4.69, 9.17) is 21.1 Å². The summed E-state index contributed by atoms with van der Waals surface area (Å²) in [4.78, 5) is 10.5. The van der Waals surface area contributed by atoms with Crippen molar-refractivity contribution in [2.75, 3.05) is 25.1 Å². The molecular formula is C12H15ClN2O4. The van der Waals surface area contributed by atoms with Crippen LogP contribution in [-0.4, -0.2) is 30.5 Å². The van der Waals surface area contributed by atoms with E-state index in [1.54, 1.807) is 12.1 Å². The van der Waals surface area contributed by atoms with Gasteiger partial charge in [0, 0.05) is 24.1 Å². The van der Waals surface area contributed by atoms with E-state index in [9.17, 15) is 10.1 Å². The molecule has 1 aromatic carbocycles. The number of hydrogen-bond donors (Lipinski definition) is 1. The molecule has 0 spiro atoms. The van der Waals surface area contributed by atoms with Crippen LogP contribution in [0.3, 0.4) is 0 Å². The second-order valence-electron chi connectivity index (χ2n) is 4.43. The molecule has 0 unspecified atom stereocenters. The molecular weight excluding hydrogens is 272 g/mol. The summed E-state index contributed by atoms with van der Waals surface area (Å²) < 4.78 is 10.9. The first-order chi connectivity index (χ1) is 9.00. The molecule has 1 heterocycles. The lowest BCUT2D eigenvalue weighted by molar-refractivity contribution is -0.383. The first-order valence-electron chi connectivity index (χ1n) is 5.96. The number of hydrogen-bond acceptors (Lipinski definition) is 5. The fourth-order valence-corrected chi connectivity index (χ4v) is 2.10. The summed E-state index contributed by atoms with van der Waals surface area (Å²) >= 11 is 5.75. The quantitative estimate of drug-likeness (QED) is 0.665. The van der Waals surface area contributed by atoms with Gasteiger partial charge in [-0.1, -0.05) is 11.6 Å². The van der Waals surface area contributed by atoms with Gasteiger partial charge in [0.2, 0.25) is 0 Å². The summed E-state index contributed by atoms with van der Waals surface area (Å²) in [5.74, 6) is -0.603. The topological polar surface area (TPSA) is 73.6 Å². The van der Waals surface area contributed by atoms with E-state index in [2.05, 4.69) is 5.32 Å². The van der Waals surface area contributed by atoms with Crippen molar-refractivity contribution in [2.24, 2.45) is 0 Å². The molecule has 1 aliphatic rings. The molecule has 1 aliphatic heterocycles. The van der Waals surface area contributed by atoms with Crippen LogP contribution < -0.4 is 5.32 Å². The standard InChI is InChI=1S/C12H15ClN2O4/c1-12(18-6-7-19-12)4-5-14-10-3-2-9(13)8-11(10)15(16)17/h2-3,8,14H,4-7H2,1H3. The fourth-order valence-electron chi connectivity index (χ4n) is 1.93. The van der Waals surface area contributed by atoms with Crippen molar-refractivity contribution >= 4 is 23.0 Å². The zero-order valence-corrected chi connectivity index (χ0v) is 11.3. The maximum Gasteiger partial charge on any atom is 0.293 e. The Morgan fingerprint density at radius 2 is 2.16 bits per heavy atom. The Labute approximate surface area is 115 Å². The van der Waals surface area contributed by atoms with E-state index in [-0.39, 0.29) is 5.69 Å². The molecule has 0 atom stereocenters. The number of nitro benzene ring substituents is 1. The molecule has 1 saturated heterocycles. The highest BCUT2D eigenvalue weighted by atomic mass is 35.5. The number of nitro groups is 1. The second-order valence-corrected chi connectivity index (χ2v) is 4.86. The number of nitrogens with zero attached hydrogens (tertiary/aromatic N) is 1. The van der Waals surface area contributed by atoms with Gasteiger partial charge >= 0.3 is 0 Å². The van der Waals surface area contributed by atoms with E-state index >= 15 is 0 Å². The number of halogens is 1. The molecule has 1 N–H and O–H groups in total. The SMILES string of the molecule is CC1(CCNc2ccc(Cl)cc2[N+](=O)[O-])OCCO1. The molecule has 1 aromatic rings. The lowest BCUT2D eigenvalue weighted by atomic mass is 10.2. The van der Waals surface area contributed by atoms with Crippen molar-refractivity contribution in [3.63, 3.8) is 0 Å². The Morgan fingerprint density at radius 3 is 2.79 bits per heavy atom. The van der Waals surface area contributed by atoms with E-state index < -0.39 is 10.7 Å². The number of ether oxygens (including phenoxy) is 2.